The van der Waals surface area contributed by atoms with E-state index in [1.165, 1.54) is 12.3 Å². The second-order valence-corrected chi connectivity index (χ2v) is 6.89. The van der Waals surface area contributed by atoms with Crippen LogP contribution >= 0.6 is 15.9 Å². The van der Waals surface area contributed by atoms with Crippen molar-refractivity contribution in [2.24, 2.45) is 0 Å². The lowest BCUT2D eigenvalue weighted by Crippen LogP contribution is -2.14. The van der Waals surface area contributed by atoms with E-state index in [0.717, 1.165) is 0 Å². The first-order valence-corrected chi connectivity index (χ1v) is 8.72. The summed E-state index contributed by atoms with van der Waals surface area (Å²) in [6, 6.07) is 4.73. The highest BCUT2D eigenvalue weighted by atomic mass is 79.9. The molecule has 7 nitrogen and oxygen atoms in total. The van der Waals surface area contributed by atoms with Crippen molar-refractivity contribution in [3.63, 3.8) is 0 Å². The van der Waals surface area contributed by atoms with Gasteiger partial charge < -0.3 is 10.7 Å². The Morgan fingerprint density at radius 1 is 1.07 bits per heavy atom. The van der Waals surface area contributed by atoms with Gasteiger partial charge in [0.2, 0.25) is 0 Å². The third-order valence-corrected chi connectivity index (χ3v) is 5.16. The number of pyridine rings is 1. The molecular formula is C18H10BrFN6O. The zero-order chi connectivity index (χ0) is 18.7. The molecule has 0 fully saturated rings. The molecule has 0 aliphatic rings. The van der Waals surface area contributed by atoms with E-state index in [1.807, 2.05) is 6.07 Å². The smallest absolute Gasteiger partial charge is 0.272 e. The molecule has 0 aliphatic carbocycles. The molecule has 0 aliphatic heterocycles. The number of fused-ring (bicyclic) bond motifs is 4. The summed E-state index contributed by atoms with van der Waals surface area (Å²) >= 11 is 3.51. The fourth-order valence-corrected chi connectivity index (χ4v) is 3.88. The van der Waals surface area contributed by atoms with E-state index in [0.29, 0.717) is 42.9 Å². The third-order valence-electron chi connectivity index (χ3n) is 4.56. The third kappa shape index (κ3) is 2.18. The van der Waals surface area contributed by atoms with Gasteiger partial charge in [0.25, 0.3) is 5.56 Å². The summed E-state index contributed by atoms with van der Waals surface area (Å²) in [6.45, 7) is 0. The Hall–Kier alpha value is -3.33. The van der Waals surface area contributed by atoms with Gasteiger partial charge in [-0.1, -0.05) is 6.07 Å². The molecule has 27 heavy (non-hydrogen) atoms. The predicted octanol–water partition coefficient (Wildman–Crippen LogP) is 3.50. The Balaban J connectivity index is 2.03. The number of nitrogens with zero attached hydrogens (tertiary/aromatic N) is 3. The van der Waals surface area contributed by atoms with Crippen LogP contribution in [0.2, 0.25) is 0 Å². The molecule has 5 rings (SSSR count). The summed E-state index contributed by atoms with van der Waals surface area (Å²) in [7, 11) is 0. The van der Waals surface area contributed by atoms with Gasteiger partial charge in [-0.05, 0) is 33.6 Å². The Morgan fingerprint density at radius 3 is 2.67 bits per heavy atom. The zero-order valence-electron chi connectivity index (χ0n) is 13.5. The molecule has 9 heteroatoms. The van der Waals surface area contributed by atoms with Crippen molar-refractivity contribution in [3.8, 4) is 11.1 Å². The molecule has 2 aromatic carbocycles. The van der Waals surface area contributed by atoms with E-state index in [9.17, 15) is 9.18 Å². The molecular weight excluding hydrogens is 415 g/mol. The molecule has 3 aromatic heterocycles. The van der Waals surface area contributed by atoms with Crippen LogP contribution in [0.4, 0.5) is 10.1 Å². The molecule has 3 heterocycles. The Labute approximate surface area is 158 Å². The minimum atomic E-state index is -0.451. The highest BCUT2D eigenvalue weighted by Gasteiger charge is 2.19. The van der Waals surface area contributed by atoms with E-state index in [1.54, 1.807) is 18.5 Å². The van der Waals surface area contributed by atoms with Crippen LogP contribution in [-0.2, 0) is 0 Å². The van der Waals surface area contributed by atoms with Gasteiger partial charge in [0.1, 0.15) is 28.1 Å². The maximum Gasteiger partial charge on any atom is 0.272 e. The number of nitrogens with one attached hydrogen (secondary N) is 2. The molecule has 0 spiro atoms. The average Bonchev–Trinajstić information content (AvgIpc) is 3.16. The fourth-order valence-electron chi connectivity index (χ4n) is 3.36. The van der Waals surface area contributed by atoms with E-state index < -0.39 is 11.4 Å². The van der Waals surface area contributed by atoms with Gasteiger partial charge in [-0.2, -0.15) is 5.10 Å². The van der Waals surface area contributed by atoms with Gasteiger partial charge in [-0.3, -0.25) is 19.9 Å². The van der Waals surface area contributed by atoms with Crippen LogP contribution in [0, 0.1) is 5.82 Å². The number of benzene rings is 2. The van der Waals surface area contributed by atoms with Crippen LogP contribution in [0.1, 0.15) is 0 Å². The zero-order valence-corrected chi connectivity index (χ0v) is 15.1. The number of aromatic amines is 2. The molecule has 132 valence electrons. The molecule has 0 saturated heterocycles. The lowest BCUT2D eigenvalue weighted by Gasteiger charge is -2.13. The van der Waals surface area contributed by atoms with Crippen molar-refractivity contribution in [2.75, 3.05) is 5.73 Å². The summed E-state index contributed by atoms with van der Waals surface area (Å²) in [5, 5.41) is 7.76. The average molecular weight is 425 g/mol. The maximum atomic E-state index is 14.1. The number of aromatic nitrogens is 5. The molecule has 0 bridgehead atoms. The molecule has 0 unspecified atom stereocenters. The number of nitrogen functional groups attached to an aromatic ring is 1. The SMILES string of the molecule is Nc1c(-c2ccc(F)c3[nH]ncc23)c2cc(Br)c3nccnc3c2[nH]c1=O. The van der Waals surface area contributed by atoms with Crippen LogP contribution in [0.3, 0.4) is 0 Å². The number of hydrogen-bond acceptors (Lipinski definition) is 5. The Morgan fingerprint density at radius 2 is 1.85 bits per heavy atom. The fraction of sp³-hybridized carbons (Fsp3) is 0. The van der Waals surface area contributed by atoms with Gasteiger partial charge >= 0.3 is 0 Å². The van der Waals surface area contributed by atoms with E-state index in [2.05, 4.69) is 41.1 Å². The monoisotopic (exact) mass is 424 g/mol. The van der Waals surface area contributed by atoms with E-state index in [-0.39, 0.29) is 11.2 Å². The van der Waals surface area contributed by atoms with Gasteiger partial charge in [-0.15, -0.1) is 0 Å². The van der Waals surface area contributed by atoms with Gasteiger partial charge in [-0.25, -0.2) is 4.39 Å². The van der Waals surface area contributed by atoms with Crippen molar-refractivity contribution >= 4 is 54.5 Å². The maximum absolute atomic E-state index is 14.1. The first-order valence-electron chi connectivity index (χ1n) is 7.93. The van der Waals surface area contributed by atoms with Crippen LogP contribution in [0.15, 0.2) is 46.1 Å². The number of halogens is 2. The normalized spacial score (nSPS) is 11.6. The number of anilines is 1. The first-order chi connectivity index (χ1) is 13.1. The summed E-state index contributed by atoms with van der Waals surface area (Å²) in [5.41, 5.74) is 8.74. The minimum Gasteiger partial charge on any atom is -0.394 e. The molecule has 0 radical (unpaired) electrons. The van der Waals surface area contributed by atoms with Gasteiger partial charge in [0, 0.05) is 33.2 Å². The largest absolute Gasteiger partial charge is 0.394 e. The van der Waals surface area contributed by atoms with E-state index >= 15 is 0 Å². The molecule has 4 N–H and O–H groups in total. The van der Waals surface area contributed by atoms with Gasteiger partial charge in [0.15, 0.2) is 0 Å². The summed E-state index contributed by atoms with van der Waals surface area (Å²) < 4.78 is 14.8. The number of rotatable bonds is 1. The number of nitrogens with two attached hydrogens (primary N) is 1. The molecule has 0 amide bonds. The highest BCUT2D eigenvalue weighted by molar-refractivity contribution is 9.10. The lowest BCUT2D eigenvalue weighted by atomic mass is 9.96. The first kappa shape index (κ1) is 15.9. The Bertz CT molecular complexity index is 1440. The highest BCUT2D eigenvalue weighted by Crippen LogP contribution is 2.39. The molecule has 0 saturated carbocycles. The standard InChI is InChI=1S/C18H10BrFN6O/c19-10-5-8-12(7-1-2-11(20)14-9(7)6-24-26-14)13(21)18(27)25-15(8)17-16(10)22-3-4-23-17/h1-6H,21H2,(H,24,26)(H,25,27). The van der Waals surface area contributed by atoms with Crippen molar-refractivity contribution in [2.45, 2.75) is 0 Å². The quantitative estimate of drug-likeness (QED) is 0.356. The lowest BCUT2D eigenvalue weighted by molar-refractivity contribution is 0.636. The number of H-pyrrole nitrogens is 2. The van der Waals surface area contributed by atoms with Crippen molar-refractivity contribution in [1.82, 2.24) is 25.1 Å². The van der Waals surface area contributed by atoms with Crippen LogP contribution in [0.25, 0.3) is 44.0 Å². The minimum absolute atomic E-state index is 0.0340. The second kappa shape index (κ2) is 5.58. The van der Waals surface area contributed by atoms with Crippen molar-refractivity contribution in [3.05, 3.63) is 57.4 Å². The molecule has 0 atom stereocenters. The van der Waals surface area contributed by atoms with E-state index in [4.69, 9.17) is 5.73 Å². The second-order valence-electron chi connectivity index (χ2n) is 6.03. The summed E-state index contributed by atoms with van der Waals surface area (Å²) in [5.74, 6) is -0.434. The van der Waals surface area contributed by atoms with Crippen LogP contribution in [0.5, 0.6) is 0 Å². The van der Waals surface area contributed by atoms with Crippen molar-refractivity contribution in [1.29, 1.82) is 0 Å². The summed E-state index contributed by atoms with van der Waals surface area (Å²) in [6.07, 6.45) is 4.63. The predicted molar refractivity (Wildman–Crippen MR) is 105 cm³/mol. The van der Waals surface area contributed by atoms with Crippen LogP contribution < -0.4 is 11.3 Å². The van der Waals surface area contributed by atoms with Gasteiger partial charge in [0.05, 0.1) is 11.7 Å². The topological polar surface area (TPSA) is 113 Å². The van der Waals surface area contributed by atoms with Crippen molar-refractivity contribution < 1.29 is 4.39 Å². The Kier molecular flexibility index (Phi) is 3.28. The van der Waals surface area contributed by atoms with Crippen LogP contribution in [-0.4, -0.2) is 25.1 Å². The number of hydrogen-bond donors (Lipinski definition) is 3. The molecule has 5 aromatic rings. The summed E-state index contributed by atoms with van der Waals surface area (Å²) in [4.78, 5) is 24.0.